The van der Waals surface area contributed by atoms with Crippen molar-refractivity contribution in [2.45, 2.75) is 74.7 Å². The molecular formula is C32H40NO4+. The highest BCUT2D eigenvalue weighted by Gasteiger charge is 2.83. The molecule has 0 amide bonds. The van der Waals surface area contributed by atoms with E-state index in [-0.39, 0.29) is 28.5 Å². The van der Waals surface area contributed by atoms with Crippen molar-refractivity contribution in [3.8, 4) is 11.5 Å². The minimum atomic E-state index is -0.389. The molecule has 2 aromatic rings. The van der Waals surface area contributed by atoms with Crippen molar-refractivity contribution < 1.29 is 23.8 Å². The SMILES string of the molecule is CO[C@]12CC[C@@]3(C[C@@H]1COCc1ccccc1)[C@H]1Cc4ccc(O)c5c4[C@@]3(CC[N@+]1(C)CC1CC1)[C@H]2O5. The number of methoxy groups -OCH3 is 1. The molecule has 7 aliphatic rings. The highest BCUT2D eigenvalue weighted by molar-refractivity contribution is 5.62. The van der Waals surface area contributed by atoms with E-state index in [2.05, 4.69) is 43.4 Å². The van der Waals surface area contributed by atoms with Crippen LogP contribution in [0.4, 0.5) is 0 Å². The fourth-order valence-electron chi connectivity index (χ4n) is 10.3. The third-order valence-corrected chi connectivity index (χ3v) is 12.0. The lowest BCUT2D eigenvalue weighted by Gasteiger charge is -2.74. The quantitative estimate of drug-likeness (QED) is 0.543. The second-order valence-electron chi connectivity index (χ2n) is 13.4. The maximum absolute atomic E-state index is 11.0. The first-order chi connectivity index (χ1) is 18.0. The summed E-state index contributed by atoms with van der Waals surface area (Å²) < 4.78 is 21.2. The second kappa shape index (κ2) is 7.52. The summed E-state index contributed by atoms with van der Waals surface area (Å²) >= 11 is 0. The first kappa shape index (κ1) is 22.9. The summed E-state index contributed by atoms with van der Waals surface area (Å²) in [6, 6.07) is 15.2. The van der Waals surface area contributed by atoms with E-state index < -0.39 is 0 Å². The molecule has 5 heteroatoms. The van der Waals surface area contributed by atoms with E-state index in [0.717, 1.165) is 37.4 Å². The van der Waals surface area contributed by atoms with Crippen LogP contribution in [-0.2, 0) is 27.9 Å². The summed E-state index contributed by atoms with van der Waals surface area (Å²) in [6.45, 7) is 3.84. The summed E-state index contributed by atoms with van der Waals surface area (Å²) in [5.41, 5.74) is 3.68. The lowest BCUT2D eigenvalue weighted by Crippen LogP contribution is -2.83. The van der Waals surface area contributed by atoms with Gasteiger partial charge in [-0.1, -0.05) is 36.4 Å². The number of ether oxygens (including phenoxy) is 3. The molecule has 196 valence electrons. The fourth-order valence-corrected chi connectivity index (χ4v) is 10.3. The molecule has 0 unspecified atom stereocenters. The molecule has 5 nitrogen and oxygen atoms in total. The smallest absolute Gasteiger partial charge is 0.165 e. The molecule has 0 aromatic heterocycles. The van der Waals surface area contributed by atoms with Crippen LogP contribution >= 0.6 is 0 Å². The molecule has 4 saturated carbocycles. The van der Waals surface area contributed by atoms with Gasteiger partial charge in [-0.15, -0.1) is 0 Å². The van der Waals surface area contributed by atoms with Gasteiger partial charge in [-0.3, -0.25) is 0 Å². The Morgan fingerprint density at radius 2 is 1.92 bits per heavy atom. The van der Waals surface area contributed by atoms with Crippen LogP contribution in [-0.4, -0.2) is 61.2 Å². The highest BCUT2D eigenvalue weighted by Crippen LogP contribution is 2.77. The van der Waals surface area contributed by atoms with Crippen molar-refractivity contribution in [2.24, 2.45) is 17.3 Å². The van der Waals surface area contributed by atoms with E-state index in [4.69, 9.17) is 14.2 Å². The highest BCUT2D eigenvalue weighted by atomic mass is 16.6. The van der Waals surface area contributed by atoms with Crippen LogP contribution in [0.2, 0.25) is 0 Å². The molecular weight excluding hydrogens is 462 g/mol. The van der Waals surface area contributed by atoms with E-state index >= 15 is 0 Å². The molecule has 7 atom stereocenters. The first-order valence-corrected chi connectivity index (χ1v) is 14.5. The van der Waals surface area contributed by atoms with Crippen LogP contribution in [0.15, 0.2) is 42.5 Å². The van der Waals surface area contributed by atoms with Crippen molar-refractivity contribution in [3.05, 3.63) is 59.2 Å². The maximum atomic E-state index is 11.0. The first-order valence-electron chi connectivity index (χ1n) is 14.5. The predicted molar refractivity (Wildman–Crippen MR) is 141 cm³/mol. The average Bonchev–Trinajstić information content (AvgIpc) is 3.64. The Balaban J connectivity index is 1.24. The molecule has 4 bridgehead atoms. The van der Waals surface area contributed by atoms with Gasteiger partial charge in [-0.25, -0.2) is 0 Å². The number of fused-ring (bicyclic) bond motifs is 2. The van der Waals surface area contributed by atoms with E-state index in [1.807, 2.05) is 13.2 Å². The number of hydrogen-bond acceptors (Lipinski definition) is 4. The van der Waals surface area contributed by atoms with E-state index in [0.29, 0.717) is 25.0 Å². The van der Waals surface area contributed by atoms with Crippen molar-refractivity contribution in [1.82, 2.24) is 0 Å². The summed E-state index contributed by atoms with van der Waals surface area (Å²) in [6.07, 6.45) is 8.31. The Hall–Kier alpha value is -2.08. The number of aromatic hydroxyl groups is 1. The lowest BCUT2D eigenvalue weighted by molar-refractivity contribution is -0.952. The number of quaternary nitrogens is 1. The zero-order chi connectivity index (χ0) is 25.0. The summed E-state index contributed by atoms with van der Waals surface area (Å²) in [5, 5.41) is 11.0. The molecule has 0 radical (unpaired) electrons. The Bertz CT molecular complexity index is 1240. The number of phenolic OH excluding ortho intramolecular Hbond substituents is 1. The molecule has 2 spiro atoms. The molecule has 5 aliphatic carbocycles. The largest absolute Gasteiger partial charge is 0.504 e. The van der Waals surface area contributed by atoms with Gasteiger partial charge in [0.2, 0.25) is 0 Å². The number of phenols is 1. The number of nitrogens with zero attached hydrogens (tertiary/aromatic N) is 1. The van der Waals surface area contributed by atoms with Crippen molar-refractivity contribution in [2.75, 3.05) is 33.9 Å². The fraction of sp³-hybridized carbons (Fsp3) is 0.625. The minimum absolute atomic E-state index is 0.0580. The van der Waals surface area contributed by atoms with Crippen LogP contribution in [0.1, 0.15) is 55.2 Å². The van der Waals surface area contributed by atoms with E-state index in [9.17, 15) is 5.11 Å². The van der Waals surface area contributed by atoms with Crippen molar-refractivity contribution >= 4 is 0 Å². The van der Waals surface area contributed by atoms with Crippen molar-refractivity contribution in [1.29, 1.82) is 0 Å². The number of rotatable bonds is 7. The minimum Gasteiger partial charge on any atom is -0.504 e. The van der Waals surface area contributed by atoms with Gasteiger partial charge in [0.25, 0.3) is 0 Å². The van der Waals surface area contributed by atoms with Crippen LogP contribution in [0, 0.1) is 17.3 Å². The number of likely N-dealkylation sites (tertiary alicyclic amines) is 1. The molecule has 2 aromatic carbocycles. The molecule has 1 saturated heterocycles. The van der Waals surface area contributed by atoms with Gasteiger partial charge in [0.15, 0.2) is 11.5 Å². The molecule has 5 fully saturated rings. The van der Waals surface area contributed by atoms with Gasteiger partial charge in [0.05, 0.1) is 44.8 Å². The molecule has 2 aliphatic heterocycles. The number of benzene rings is 2. The Morgan fingerprint density at radius 3 is 2.70 bits per heavy atom. The van der Waals surface area contributed by atoms with Gasteiger partial charge < -0.3 is 23.8 Å². The van der Waals surface area contributed by atoms with E-state index in [1.165, 1.54) is 53.5 Å². The molecule has 1 N–H and O–H groups in total. The van der Waals surface area contributed by atoms with E-state index in [1.54, 1.807) is 0 Å². The zero-order valence-corrected chi connectivity index (χ0v) is 22.2. The molecule has 2 heterocycles. The van der Waals surface area contributed by atoms with Gasteiger partial charge >= 0.3 is 0 Å². The van der Waals surface area contributed by atoms with Crippen LogP contribution in [0.3, 0.4) is 0 Å². The zero-order valence-electron chi connectivity index (χ0n) is 22.2. The van der Waals surface area contributed by atoms with Gasteiger partial charge in [0.1, 0.15) is 11.7 Å². The van der Waals surface area contributed by atoms with Crippen molar-refractivity contribution in [3.63, 3.8) is 0 Å². The summed E-state index contributed by atoms with van der Waals surface area (Å²) in [5.74, 6) is 2.25. The Labute approximate surface area is 220 Å². The third-order valence-electron chi connectivity index (χ3n) is 12.0. The van der Waals surface area contributed by atoms with Gasteiger partial charge in [-0.2, -0.15) is 0 Å². The standard InChI is InChI=1S/C32H39NO4/c1-33(18-21-8-9-21)15-14-31-27-23-10-11-25(34)28(27)37-29(31)32(35-2)13-12-30(31,26(33)16-23)17-24(32)20-36-19-22-6-4-3-5-7-22/h3-7,10-11,21,24,26,29H,8-9,12-20H2,1-2H3/p+1/t24-,26-,29-,30-,31+,32-,33-/m1/s1. The predicted octanol–water partition coefficient (Wildman–Crippen LogP) is 4.98. The van der Waals surface area contributed by atoms with Crippen LogP contribution in [0.25, 0.3) is 0 Å². The molecule has 37 heavy (non-hydrogen) atoms. The normalized spacial score (nSPS) is 42.4. The monoisotopic (exact) mass is 502 g/mol. The summed E-state index contributed by atoms with van der Waals surface area (Å²) in [4.78, 5) is 0. The Kier molecular flexibility index (Phi) is 4.65. The van der Waals surface area contributed by atoms with Gasteiger partial charge in [-0.05, 0) is 49.3 Å². The van der Waals surface area contributed by atoms with Gasteiger partial charge in [0, 0.05) is 42.8 Å². The number of hydrogen-bond donors (Lipinski definition) is 1. The second-order valence-corrected chi connectivity index (χ2v) is 13.4. The lowest BCUT2D eigenvalue weighted by atomic mass is 9.34. The number of likely N-dealkylation sites (N-methyl/N-ethyl adjacent to an activating group) is 1. The summed E-state index contributed by atoms with van der Waals surface area (Å²) in [7, 11) is 4.46. The topological polar surface area (TPSA) is 47.9 Å². The van der Waals surface area contributed by atoms with Crippen LogP contribution in [0.5, 0.6) is 11.5 Å². The third kappa shape index (κ3) is 2.76. The van der Waals surface area contributed by atoms with Crippen LogP contribution < -0.4 is 4.74 Å². The molecule has 9 rings (SSSR count). The average molecular weight is 503 g/mol. The Morgan fingerprint density at radius 1 is 1.08 bits per heavy atom. The number of piperidine rings is 1. The maximum Gasteiger partial charge on any atom is 0.165 e.